The second-order valence-electron chi connectivity index (χ2n) is 5.59. The molecule has 0 radical (unpaired) electrons. The number of halogens is 3. The molecule has 2 rings (SSSR count). The number of rotatable bonds is 5. The average Bonchev–Trinajstić information content (AvgIpc) is 2.49. The first kappa shape index (κ1) is 18.5. The highest BCUT2D eigenvalue weighted by Crippen LogP contribution is 2.29. The SMILES string of the molecule is Cc1ccc(S(=O)(=O)NCCc2ccc(C(F)(F)F)cc2)cc1C. The topological polar surface area (TPSA) is 46.2 Å². The van der Waals surface area contributed by atoms with Crippen LogP contribution >= 0.6 is 0 Å². The van der Waals surface area contributed by atoms with Crippen LogP contribution in [0.15, 0.2) is 47.4 Å². The van der Waals surface area contributed by atoms with Crippen LogP contribution in [0.4, 0.5) is 13.2 Å². The van der Waals surface area contributed by atoms with Crippen molar-refractivity contribution in [1.29, 1.82) is 0 Å². The molecule has 0 saturated carbocycles. The van der Waals surface area contributed by atoms with E-state index in [4.69, 9.17) is 0 Å². The number of benzene rings is 2. The van der Waals surface area contributed by atoms with Crippen molar-refractivity contribution in [1.82, 2.24) is 4.72 Å². The molecule has 7 heteroatoms. The molecular formula is C17H18F3NO2S. The predicted octanol–water partition coefficient (Wildman–Crippen LogP) is 3.84. The van der Waals surface area contributed by atoms with Gasteiger partial charge in [0.1, 0.15) is 0 Å². The van der Waals surface area contributed by atoms with Crippen molar-refractivity contribution in [2.75, 3.05) is 6.54 Å². The summed E-state index contributed by atoms with van der Waals surface area (Å²) in [6, 6.07) is 9.55. The third kappa shape index (κ3) is 4.58. The second-order valence-corrected chi connectivity index (χ2v) is 7.36. The number of hydrogen-bond donors (Lipinski definition) is 1. The van der Waals surface area contributed by atoms with Gasteiger partial charge in [-0.1, -0.05) is 18.2 Å². The van der Waals surface area contributed by atoms with Crippen molar-refractivity contribution in [3.63, 3.8) is 0 Å². The molecular weight excluding hydrogens is 339 g/mol. The number of sulfonamides is 1. The molecule has 0 spiro atoms. The molecule has 2 aromatic rings. The van der Waals surface area contributed by atoms with Gasteiger partial charge in [0.25, 0.3) is 0 Å². The Balaban J connectivity index is 1.99. The van der Waals surface area contributed by atoms with Gasteiger partial charge in [0.05, 0.1) is 10.5 Å². The summed E-state index contributed by atoms with van der Waals surface area (Å²) < 4.78 is 64.3. The van der Waals surface area contributed by atoms with Gasteiger partial charge in [-0.15, -0.1) is 0 Å². The second kappa shape index (κ2) is 6.94. The van der Waals surface area contributed by atoms with Crippen LogP contribution in [-0.2, 0) is 22.6 Å². The summed E-state index contributed by atoms with van der Waals surface area (Å²) in [6.45, 7) is 3.83. The fourth-order valence-corrected chi connectivity index (χ4v) is 3.27. The maximum atomic E-state index is 12.5. The largest absolute Gasteiger partial charge is 0.416 e. The summed E-state index contributed by atoms with van der Waals surface area (Å²) in [4.78, 5) is 0.179. The van der Waals surface area contributed by atoms with Crippen molar-refractivity contribution in [3.8, 4) is 0 Å². The Morgan fingerprint density at radius 1 is 0.958 bits per heavy atom. The molecule has 0 heterocycles. The normalized spacial score (nSPS) is 12.4. The highest BCUT2D eigenvalue weighted by atomic mass is 32.2. The number of alkyl halides is 3. The van der Waals surface area contributed by atoms with Crippen LogP contribution in [0.1, 0.15) is 22.3 Å². The first-order valence-electron chi connectivity index (χ1n) is 7.33. The van der Waals surface area contributed by atoms with Crippen LogP contribution in [0.3, 0.4) is 0 Å². The lowest BCUT2D eigenvalue weighted by molar-refractivity contribution is -0.137. The molecule has 1 N–H and O–H groups in total. The van der Waals surface area contributed by atoms with Crippen LogP contribution in [0.2, 0.25) is 0 Å². The quantitative estimate of drug-likeness (QED) is 0.884. The van der Waals surface area contributed by atoms with Crippen LogP contribution in [0, 0.1) is 13.8 Å². The van der Waals surface area contributed by atoms with E-state index in [2.05, 4.69) is 4.72 Å². The molecule has 0 atom stereocenters. The highest BCUT2D eigenvalue weighted by Gasteiger charge is 2.29. The van der Waals surface area contributed by atoms with Gasteiger partial charge in [-0.25, -0.2) is 13.1 Å². The monoisotopic (exact) mass is 357 g/mol. The van der Waals surface area contributed by atoms with Gasteiger partial charge < -0.3 is 0 Å². The smallest absolute Gasteiger partial charge is 0.211 e. The van der Waals surface area contributed by atoms with E-state index in [1.54, 1.807) is 12.1 Å². The van der Waals surface area contributed by atoms with Gasteiger partial charge in [-0.3, -0.25) is 0 Å². The molecule has 0 aliphatic carbocycles. The van der Waals surface area contributed by atoms with Crippen LogP contribution in [0.5, 0.6) is 0 Å². The van der Waals surface area contributed by atoms with Gasteiger partial charge in [0, 0.05) is 6.54 Å². The van der Waals surface area contributed by atoms with Crippen molar-refractivity contribution in [2.24, 2.45) is 0 Å². The minimum Gasteiger partial charge on any atom is -0.211 e. The molecule has 0 bridgehead atoms. The summed E-state index contributed by atoms with van der Waals surface area (Å²) in [6.07, 6.45) is -4.06. The lowest BCUT2D eigenvalue weighted by Gasteiger charge is -2.10. The van der Waals surface area contributed by atoms with E-state index in [9.17, 15) is 21.6 Å². The molecule has 0 unspecified atom stereocenters. The summed E-state index contributed by atoms with van der Waals surface area (Å²) in [7, 11) is -3.63. The van der Waals surface area contributed by atoms with Crippen LogP contribution in [-0.4, -0.2) is 15.0 Å². The van der Waals surface area contributed by atoms with Crippen molar-refractivity contribution in [2.45, 2.75) is 31.3 Å². The van der Waals surface area contributed by atoms with Gasteiger partial charge in [-0.2, -0.15) is 13.2 Å². The Morgan fingerprint density at radius 2 is 1.58 bits per heavy atom. The van der Waals surface area contributed by atoms with E-state index in [0.717, 1.165) is 23.3 Å². The summed E-state index contributed by atoms with van der Waals surface area (Å²) in [5, 5.41) is 0. The molecule has 2 aromatic carbocycles. The molecule has 0 amide bonds. The lowest BCUT2D eigenvalue weighted by atomic mass is 10.1. The Labute approximate surface area is 139 Å². The standard InChI is InChI=1S/C17H18F3NO2S/c1-12-3-8-16(11-13(12)2)24(22,23)21-10-9-14-4-6-15(7-5-14)17(18,19)20/h3-8,11,21H,9-10H2,1-2H3. The maximum absolute atomic E-state index is 12.5. The van der Waals surface area contributed by atoms with E-state index in [0.29, 0.717) is 12.0 Å². The molecule has 130 valence electrons. The first-order chi connectivity index (χ1) is 11.1. The Morgan fingerprint density at radius 3 is 2.12 bits per heavy atom. The zero-order valence-electron chi connectivity index (χ0n) is 13.3. The van der Waals surface area contributed by atoms with E-state index in [-0.39, 0.29) is 11.4 Å². The molecule has 0 fully saturated rings. The number of hydrogen-bond acceptors (Lipinski definition) is 2. The fourth-order valence-electron chi connectivity index (χ4n) is 2.15. The third-order valence-corrected chi connectivity index (χ3v) is 5.23. The van der Waals surface area contributed by atoms with Crippen molar-refractivity contribution < 1.29 is 21.6 Å². The number of nitrogens with one attached hydrogen (secondary N) is 1. The summed E-state index contributed by atoms with van der Waals surface area (Å²) >= 11 is 0. The van der Waals surface area contributed by atoms with E-state index in [1.165, 1.54) is 18.2 Å². The van der Waals surface area contributed by atoms with E-state index in [1.807, 2.05) is 13.8 Å². The highest BCUT2D eigenvalue weighted by molar-refractivity contribution is 7.89. The summed E-state index contributed by atoms with van der Waals surface area (Å²) in [5.74, 6) is 0. The van der Waals surface area contributed by atoms with Gasteiger partial charge >= 0.3 is 6.18 Å². The predicted molar refractivity (Wildman–Crippen MR) is 86.3 cm³/mol. The Kier molecular flexibility index (Phi) is 5.35. The Bertz CT molecular complexity index is 813. The molecule has 0 aliphatic heterocycles. The molecule has 24 heavy (non-hydrogen) atoms. The minimum atomic E-state index is -4.37. The van der Waals surface area contributed by atoms with Crippen molar-refractivity contribution in [3.05, 3.63) is 64.7 Å². The van der Waals surface area contributed by atoms with Crippen molar-refractivity contribution >= 4 is 10.0 Å². The van der Waals surface area contributed by atoms with E-state index >= 15 is 0 Å². The third-order valence-electron chi connectivity index (χ3n) is 3.78. The van der Waals surface area contributed by atoms with Crippen LogP contribution < -0.4 is 4.72 Å². The maximum Gasteiger partial charge on any atom is 0.416 e. The molecule has 3 nitrogen and oxygen atoms in total. The lowest BCUT2D eigenvalue weighted by Crippen LogP contribution is -2.26. The Hall–Kier alpha value is -1.86. The molecule has 0 aromatic heterocycles. The average molecular weight is 357 g/mol. The van der Waals surface area contributed by atoms with Crippen LogP contribution in [0.25, 0.3) is 0 Å². The zero-order chi connectivity index (χ0) is 18.0. The van der Waals surface area contributed by atoms with Gasteiger partial charge in [-0.05, 0) is 61.2 Å². The zero-order valence-corrected chi connectivity index (χ0v) is 14.1. The van der Waals surface area contributed by atoms with E-state index < -0.39 is 21.8 Å². The summed E-state index contributed by atoms with van der Waals surface area (Å²) in [5.41, 5.74) is 1.78. The minimum absolute atomic E-state index is 0.112. The number of aryl methyl sites for hydroxylation is 2. The molecule has 0 aliphatic rings. The first-order valence-corrected chi connectivity index (χ1v) is 8.81. The van der Waals surface area contributed by atoms with Gasteiger partial charge in [0.2, 0.25) is 10.0 Å². The fraction of sp³-hybridized carbons (Fsp3) is 0.294. The van der Waals surface area contributed by atoms with Gasteiger partial charge in [0.15, 0.2) is 0 Å². The molecule has 0 saturated heterocycles.